The zero-order valence-corrected chi connectivity index (χ0v) is 23.6. The number of ether oxygens (including phenoxy) is 5. The summed E-state index contributed by atoms with van der Waals surface area (Å²) in [5, 5.41) is 21.4. The standard InChI is InChI=1S/C27H24F3N5O9/c1-5-40-19-8-7-15(13-31)9-20(19)44-26-32-23(42-14-21(36)41-6-2)22(35(38)39)24(33-26)43-18-11-16(25(37)34(3)4)10-17(12-18)27(28,29)30/h7-12H,5-6,14H2,1-4H3. The van der Waals surface area contributed by atoms with Gasteiger partial charge in [0, 0.05) is 25.7 Å². The van der Waals surface area contributed by atoms with Crippen molar-refractivity contribution in [1.29, 1.82) is 5.26 Å². The van der Waals surface area contributed by atoms with Crippen LogP contribution in [0.1, 0.15) is 35.3 Å². The lowest BCUT2D eigenvalue weighted by Crippen LogP contribution is -2.22. The van der Waals surface area contributed by atoms with E-state index in [1.165, 1.54) is 39.2 Å². The Morgan fingerprint density at radius 3 is 2.30 bits per heavy atom. The molecule has 14 nitrogen and oxygen atoms in total. The molecule has 44 heavy (non-hydrogen) atoms. The van der Waals surface area contributed by atoms with Gasteiger partial charge >= 0.3 is 35.6 Å². The van der Waals surface area contributed by atoms with Crippen LogP contribution in [0.2, 0.25) is 0 Å². The number of esters is 1. The largest absolute Gasteiger partial charge is 0.490 e. The molecule has 1 aromatic heterocycles. The molecule has 0 spiro atoms. The number of hydrogen-bond donors (Lipinski definition) is 0. The van der Waals surface area contributed by atoms with Gasteiger partial charge in [-0.1, -0.05) is 0 Å². The normalized spacial score (nSPS) is 10.8. The van der Waals surface area contributed by atoms with Crippen molar-refractivity contribution < 1.29 is 51.4 Å². The maximum absolute atomic E-state index is 13.7. The second-order valence-corrected chi connectivity index (χ2v) is 8.67. The van der Waals surface area contributed by atoms with Crippen LogP contribution in [0.3, 0.4) is 0 Å². The smallest absolute Gasteiger partial charge is 0.416 e. The monoisotopic (exact) mass is 619 g/mol. The van der Waals surface area contributed by atoms with Crippen LogP contribution in [0.15, 0.2) is 36.4 Å². The molecule has 0 atom stereocenters. The van der Waals surface area contributed by atoms with Gasteiger partial charge < -0.3 is 28.6 Å². The van der Waals surface area contributed by atoms with E-state index in [1.807, 2.05) is 6.07 Å². The fraction of sp³-hybridized carbons (Fsp3) is 0.296. The molecule has 0 bridgehead atoms. The first-order chi connectivity index (χ1) is 20.8. The Labute approximate surface area is 247 Å². The Balaban J connectivity index is 2.22. The molecule has 0 unspecified atom stereocenters. The minimum atomic E-state index is -4.93. The van der Waals surface area contributed by atoms with Gasteiger partial charge in [-0.05, 0) is 44.2 Å². The lowest BCUT2D eigenvalue weighted by Gasteiger charge is -2.16. The van der Waals surface area contributed by atoms with Gasteiger partial charge in [0.2, 0.25) is 0 Å². The first kappa shape index (κ1) is 32.8. The average Bonchev–Trinajstić information content (AvgIpc) is 2.95. The molecule has 0 aliphatic heterocycles. The van der Waals surface area contributed by atoms with Crippen LogP contribution < -0.4 is 18.9 Å². The van der Waals surface area contributed by atoms with Crippen molar-refractivity contribution in [2.75, 3.05) is 33.9 Å². The molecular weight excluding hydrogens is 595 g/mol. The summed E-state index contributed by atoms with van der Waals surface area (Å²) < 4.78 is 67.6. The van der Waals surface area contributed by atoms with Crippen molar-refractivity contribution in [3.05, 3.63) is 63.2 Å². The summed E-state index contributed by atoms with van der Waals surface area (Å²) in [5.41, 5.74) is -2.69. The van der Waals surface area contributed by atoms with Crippen LogP contribution in [0, 0.1) is 21.4 Å². The van der Waals surface area contributed by atoms with E-state index in [0.717, 1.165) is 11.0 Å². The van der Waals surface area contributed by atoms with Crippen LogP contribution in [-0.2, 0) is 15.7 Å². The maximum atomic E-state index is 13.7. The SMILES string of the molecule is CCOC(=O)COc1nc(Oc2cc(C#N)ccc2OCC)nc(Oc2cc(C(=O)N(C)C)cc(C(F)(F)F)c2)c1[N+](=O)[O-]. The van der Waals surface area contributed by atoms with Gasteiger partial charge in [0.15, 0.2) is 18.1 Å². The van der Waals surface area contributed by atoms with Gasteiger partial charge in [-0.3, -0.25) is 14.9 Å². The molecule has 3 rings (SSSR count). The van der Waals surface area contributed by atoms with Crippen LogP contribution in [0.25, 0.3) is 0 Å². The zero-order chi connectivity index (χ0) is 32.6. The van der Waals surface area contributed by atoms with E-state index in [-0.39, 0.29) is 30.3 Å². The number of alkyl halides is 3. The number of carbonyl (C=O) groups excluding carboxylic acids is 2. The summed E-state index contributed by atoms with van der Waals surface area (Å²) >= 11 is 0. The predicted molar refractivity (Wildman–Crippen MR) is 143 cm³/mol. The number of carbonyl (C=O) groups is 2. The first-order valence-electron chi connectivity index (χ1n) is 12.6. The summed E-state index contributed by atoms with van der Waals surface area (Å²) in [5.74, 6) is -4.22. The number of nitriles is 1. The maximum Gasteiger partial charge on any atom is 0.416 e. The second-order valence-electron chi connectivity index (χ2n) is 8.67. The molecule has 232 valence electrons. The Morgan fingerprint density at radius 2 is 1.70 bits per heavy atom. The topological polar surface area (TPSA) is 176 Å². The van der Waals surface area contributed by atoms with Crippen molar-refractivity contribution in [3.63, 3.8) is 0 Å². The van der Waals surface area contributed by atoms with E-state index in [0.29, 0.717) is 12.1 Å². The number of aromatic nitrogens is 2. The predicted octanol–water partition coefficient (Wildman–Crippen LogP) is 4.90. The molecule has 1 amide bonds. The van der Waals surface area contributed by atoms with Gasteiger partial charge in [0.1, 0.15) is 5.75 Å². The molecule has 0 aliphatic rings. The van der Waals surface area contributed by atoms with E-state index in [1.54, 1.807) is 6.92 Å². The van der Waals surface area contributed by atoms with E-state index in [9.17, 15) is 38.1 Å². The fourth-order valence-electron chi connectivity index (χ4n) is 3.45. The lowest BCUT2D eigenvalue weighted by atomic mass is 10.1. The highest BCUT2D eigenvalue weighted by Crippen LogP contribution is 2.41. The van der Waals surface area contributed by atoms with Crippen LogP contribution >= 0.6 is 0 Å². The highest BCUT2D eigenvalue weighted by molar-refractivity contribution is 5.94. The Morgan fingerprint density at radius 1 is 1.00 bits per heavy atom. The van der Waals surface area contributed by atoms with Gasteiger partial charge in [-0.15, -0.1) is 0 Å². The van der Waals surface area contributed by atoms with Crippen molar-refractivity contribution >= 4 is 17.6 Å². The molecule has 1 heterocycles. The molecule has 0 N–H and O–H groups in total. The highest BCUT2D eigenvalue weighted by atomic mass is 19.4. The second kappa shape index (κ2) is 14.0. The molecule has 0 saturated carbocycles. The van der Waals surface area contributed by atoms with Crippen LogP contribution in [-0.4, -0.2) is 65.6 Å². The molecule has 3 aromatic rings. The van der Waals surface area contributed by atoms with E-state index in [4.69, 9.17) is 23.7 Å². The zero-order valence-electron chi connectivity index (χ0n) is 23.6. The quantitative estimate of drug-likeness (QED) is 0.152. The molecule has 0 saturated heterocycles. The molecule has 2 aromatic carbocycles. The van der Waals surface area contributed by atoms with Crippen molar-refractivity contribution in [2.45, 2.75) is 20.0 Å². The van der Waals surface area contributed by atoms with Crippen LogP contribution in [0.4, 0.5) is 18.9 Å². The fourth-order valence-corrected chi connectivity index (χ4v) is 3.45. The van der Waals surface area contributed by atoms with Crippen molar-refractivity contribution in [1.82, 2.24) is 14.9 Å². The van der Waals surface area contributed by atoms with Gasteiger partial charge in [0.05, 0.1) is 35.3 Å². The summed E-state index contributed by atoms with van der Waals surface area (Å²) in [6.45, 7) is 2.47. The lowest BCUT2D eigenvalue weighted by molar-refractivity contribution is -0.387. The highest BCUT2D eigenvalue weighted by Gasteiger charge is 2.34. The third-order valence-corrected chi connectivity index (χ3v) is 5.29. The van der Waals surface area contributed by atoms with Crippen molar-refractivity contribution in [2.24, 2.45) is 0 Å². The third kappa shape index (κ3) is 8.21. The first-order valence-corrected chi connectivity index (χ1v) is 12.6. The Bertz CT molecular complexity index is 1610. The number of amides is 1. The van der Waals surface area contributed by atoms with Crippen molar-refractivity contribution in [3.8, 4) is 41.1 Å². The molecule has 0 fully saturated rings. The minimum Gasteiger partial charge on any atom is -0.490 e. The average molecular weight is 620 g/mol. The summed E-state index contributed by atoms with van der Waals surface area (Å²) in [7, 11) is 2.62. The molecule has 0 radical (unpaired) electrons. The van der Waals surface area contributed by atoms with E-state index < -0.39 is 69.9 Å². The Hall–Kier alpha value is -5.66. The Kier molecular flexibility index (Phi) is 10.5. The molecule has 0 aliphatic carbocycles. The molecular formula is C27H24F3N5O9. The van der Waals surface area contributed by atoms with Crippen LogP contribution in [0.5, 0.6) is 35.0 Å². The minimum absolute atomic E-state index is 0.0320. The number of rotatable bonds is 12. The van der Waals surface area contributed by atoms with E-state index >= 15 is 0 Å². The number of hydrogen-bond acceptors (Lipinski definition) is 12. The number of benzene rings is 2. The summed E-state index contributed by atoms with van der Waals surface area (Å²) in [6, 6.07) is 7.30. The number of nitro groups is 1. The van der Waals surface area contributed by atoms with Gasteiger partial charge in [-0.2, -0.15) is 28.4 Å². The molecule has 17 heteroatoms. The summed E-state index contributed by atoms with van der Waals surface area (Å²) in [4.78, 5) is 44.2. The van der Waals surface area contributed by atoms with Gasteiger partial charge in [-0.25, -0.2) is 4.79 Å². The van der Waals surface area contributed by atoms with E-state index in [2.05, 4.69) is 9.97 Å². The number of nitrogens with zero attached hydrogens (tertiary/aromatic N) is 5. The third-order valence-electron chi connectivity index (χ3n) is 5.29. The van der Waals surface area contributed by atoms with Gasteiger partial charge in [0.25, 0.3) is 5.91 Å². The summed E-state index contributed by atoms with van der Waals surface area (Å²) in [6.07, 6.45) is -4.93. The number of halogens is 3.